The molecule has 0 aliphatic carbocycles. The van der Waals surface area contributed by atoms with Crippen molar-refractivity contribution in [1.82, 2.24) is 0 Å². The van der Waals surface area contributed by atoms with Crippen LogP contribution in [0.2, 0.25) is 0 Å². The summed E-state index contributed by atoms with van der Waals surface area (Å²) in [6, 6.07) is 10.1. The average molecular weight is 384 g/mol. The summed E-state index contributed by atoms with van der Waals surface area (Å²) < 4.78 is 28.0. The fourth-order valence-corrected chi connectivity index (χ4v) is 3.80. The molecule has 0 amide bonds. The Morgan fingerprint density at radius 1 is 1.12 bits per heavy atom. The van der Waals surface area contributed by atoms with Gasteiger partial charge in [0.25, 0.3) is 0 Å². The van der Waals surface area contributed by atoms with Crippen molar-refractivity contribution in [2.24, 2.45) is 0 Å². The van der Waals surface area contributed by atoms with Gasteiger partial charge in [0.1, 0.15) is 0 Å². The van der Waals surface area contributed by atoms with E-state index in [2.05, 4.69) is 12.1 Å². The second-order valence-electron chi connectivity index (χ2n) is 6.44. The number of methoxy groups -OCH3 is 3. The predicted molar refractivity (Wildman–Crippen MR) is 99.0 cm³/mol. The van der Waals surface area contributed by atoms with Gasteiger partial charge in [-0.15, -0.1) is 11.8 Å². The smallest absolute Gasteiger partial charge is 0.340 e. The number of rotatable bonds is 8. The molecule has 26 heavy (non-hydrogen) atoms. The van der Waals surface area contributed by atoms with Crippen molar-refractivity contribution in [3.63, 3.8) is 0 Å². The number of carbonyl (C=O) groups is 1. The molecule has 146 valence electrons. The van der Waals surface area contributed by atoms with Crippen LogP contribution >= 0.6 is 11.8 Å². The van der Waals surface area contributed by atoms with Gasteiger partial charge in [0, 0.05) is 19.1 Å². The van der Waals surface area contributed by atoms with E-state index in [1.807, 2.05) is 18.2 Å². The van der Waals surface area contributed by atoms with E-state index in [4.69, 9.17) is 23.7 Å². The molecule has 0 radical (unpaired) electrons. The van der Waals surface area contributed by atoms with Gasteiger partial charge in [-0.05, 0) is 44.6 Å². The molecule has 1 aromatic carbocycles. The highest BCUT2D eigenvalue weighted by Gasteiger charge is 2.61. The topological polar surface area (TPSA) is 63.2 Å². The number of hydrogen-bond donors (Lipinski definition) is 0. The van der Waals surface area contributed by atoms with Crippen molar-refractivity contribution < 1.29 is 28.5 Å². The number of ether oxygens (including phenoxy) is 5. The Labute approximate surface area is 159 Å². The molecule has 0 unspecified atom stereocenters. The molecule has 6 nitrogen and oxygen atoms in total. The van der Waals surface area contributed by atoms with Crippen molar-refractivity contribution in [3.05, 3.63) is 30.3 Å². The Morgan fingerprint density at radius 2 is 1.77 bits per heavy atom. The number of esters is 1. The average Bonchev–Trinajstić information content (AvgIpc) is 2.68. The first-order chi connectivity index (χ1) is 12.3. The molecule has 1 aliphatic heterocycles. The molecule has 0 N–H and O–H groups in total. The van der Waals surface area contributed by atoms with Crippen molar-refractivity contribution in [1.29, 1.82) is 0 Å². The lowest BCUT2D eigenvalue weighted by atomic mass is 9.94. The summed E-state index contributed by atoms with van der Waals surface area (Å²) in [6.45, 7) is 3.47. The Hall–Kier alpha value is -1.12. The molecule has 2 rings (SSSR count). The highest BCUT2D eigenvalue weighted by molar-refractivity contribution is 7.99. The normalized spacial score (nSPS) is 31.6. The fraction of sp³-hybridized carbons (Fsp3) is 0.632. The van der Waals surface area contributed by atoms with E-state index in [1.54, 1.807) is 25.6 Å². The largest absolute Gasteiger partial charge is 0.467 e. The summed E-state index contributed by atoms with van der Waals surface area (Å²) in [5.74, 6) is -2.00. The molecule has 1 heterocycles. The molecule has 0 saturated carbocycles. The van der Waals surface area contributed by atoms with Gasteiger partial charge in [-0.2, -0.15) is 0 Å². The van der Waals surface area contributed by atoms with Gasteiger partial charge < -0.3 is 23.7 Å². The maximum atomic E-state index is 12.5. The zero-order valence-corrected chi connectivity index (χ0v) is 16.9. The van der Waals surface area contributed by atoms with E-state index in [-0.39, 0.29) is 6.61 Å². The molecule has 7 heteroatoms. The third-order valence-corrected chi connectivity index (χ3v) is 5.97. The minimum Gasteiger partial charge on any atom is -0.467 e. The van der Waals surface area contributed by atoms with E-state index < -0.39 is 23.1 Å². The van der Waals surface area contributed by atoms with Crippen LogP contribution in [0.1, 0.15) is 26.7 Å². The lowest BCUT2D eigenvalue weighted by Crippen LogP contribution is -2.68. The van der Waals surface area contributed by atoms with Crippen LogP contribution in [0.5, 0.6) is 0 Å². The maximum Gasteiger partial charge on any atom is 0.340 e. The van der Waals surface area contributed by atoms with E-state index in [1.165, 1.54) is 26.2 Å². The van der Waals surface area contributed by atoms with Gasteiger partial charge >= 0.3 is 5.97 Å². The SMILES string of the molecule is COC(=O)[C@]1(CCCSc2ccccc2)CO[C@@](C)(OC)[C@](C)(OC)O1. The monoisotopic (exact) mass is 384 g/mol. The van der Waals surface area contributed by atoms with Crippen molar-refractivity contribution >= 4 is 17.7 Å². The van der Waals surface area contributed by atoms with E-state index in [9.17, 15) is 4.79 Å². The molecule has 0 bridgehead atoms. The van der Waals surface area contributed by atoms with Crippen LogP contribution in [0.3, 0.4) is 0 Å². The Balaban J connectivity index is 2.07. The number of carbonyl (C=O) groups excluding carboxylic acids is 1. The standard InChI is InChI=1S/C19H28O6S/c1-17(22-4)18(2,23-5)25-19(14-24-17,16(20)21-3)12-9-13-26-15-10-7-6-8-11-15/h6-8,10-11H,9,12-14H2,1-5H3/t17-,18-,19+/m1/s1. The molecule has 1 aromatic rings. The van der Waals surface area contributed by atoms with Gasteiger partial charge in [-0.3, -0.25) is 0 Å². The summed E-state index contributed by atoms with van der Waals surface area (Å²) in [5, 5.41) is 0. The zero-order valence-electron chi connectivity index (χ0n) is 16.1. The lowest BCUT2D eigenvalue weighted by Gasteiger charge is -2.52. The van der Waals surface area contributed by atoms with Crippen molar-refractivity contribution in [3.8, 4) is 0 Å². The van der Waals surface area contributed by atoms with Gasteiger partial charge in [-0.1, -0.05) is 18.2 Å². The summed E-state index contributed by atoms with van der Waals surface area (Å²) in [5.41, 5.74) is -1.23. The second kappa shape index (κ2) is 8.71. The minimum absolute atomic E-state index is 0.0406. The van der Waals surface area contributed by atoms with Gasteiger partial charge in [0.2, 0.25) is 11.6 Å². The van der Waals surface area contributed by atoms with Gasteiger partial charge in [-0.25, -0.2) is 4.79 Å². The van der Waals surface area contributed by atoms with Crippen LogP contribution in [-0.4, -0.2) is 56.8 Å². The first kappa shape index (κ1) is 21.2. The number of benzene rings is 1. The van der Waals surface area contributed by atoms with E-state index in [0.717, 1.165) is 12.2 Å². The van der Waals surface area contributed by atoms with Crippen LogP contribution in [-0.2, 0) is 28.5 Å². The Bertz CT molecular complexity index is 597. The lowest BCUT2D eigenvalue weighted by molar-refractivity contribution is -0.446. The molecule has 1 saturated heterocycles. The molecule has 0 aromatic heterocycles. The highest BCUT2D eigenvalue weighted by Crippen LogP contribution is 2.42. The molecule has 1 aliphatic rings. The first-order valence-corrected chi connectivity index (χ1v) is 9.54. The molecular weight excluding hydrogens is 356 g/mol. The molecule has 1 fully saturated rings. The maximum absolute atomic E-state index is 12.5. The second-order valence-corrected chi connectivity index (χ2v) is 7.61. The molecule has 3 atom stereocenters. The van der Waals surface area contributed by atoms with Gasteiger partial charge in [0.05, 0.1) is 13.7 Å². The number of thioether (sulfide) groups is 1. The quantitative estimate of drug-likeness (QED) is 0.387. The molecule has 0 spiro atoms. The van der Waals surface area contributed by atoms with Gasteiger partial charge in [0.15, 0.2) is 5.60 Å². The molecular formula is C19H28O6S. The van der Waals surface area contributed by atoms with Crippen molar-refractivity contribution in [2.75, 3.05) is 33.7 Å². The zero-order chi connectivity index (χ0) is 19.3. The summed E-state index contributed by atoms with van der Waals surface area (Å²) in [6.07, 6.45) is 1.21. The third kappa shape index (κ3) is 4.23. The summed E-state index contributed by atoms with van der Waals surface area (Å²) >= 11 is 1.73. The van der Waals surface area contributed by atoms with E-state index >= 15 is 0 Å². The van der Waals surface area contributed by atoms with Crippen LogP contribution < -0.4 is 0 Å². The third-order valence-electron chi connectivity index (χ3n) is 4.87. The Morgan fingerprint density at radius 3 is 2.35 bits per heavy atom. The minimum atomic E-state index is -1.25. The summed E-state index contributed by atoms with van der Waals surface area (Å²) in [7, 11) is 4.36. The first-order valence-electron chi connectivity index (χ1n) is 8.55. The Kier molecular flexibility index (Phi) is 7.10. The number of hydrogen-bond acceptors (Lipinski definition) is 7. The van der Waals surface area contributed by atoms with Crippen LogP contribution in [0.25, 0.3) is 0 Å². The van der Waals surface area contributed by atoms with Crippen molar-refractivity contribution in [2.45, 2.75) is 48.8 Å². The fourth-order valence-electron chi connectivity index (χ4n) is 2.93. The van der Waals surface area contributed by atoms with E-state index in [0.29, 0.717) is 6.42 Å². The van der Waals surface area contributed by atoms with Crippen LogP contribution in [0.4, 0.5) is 0 Å². The highest BCUT2D eigenvalue weighted by atomic mass is 32.2. The predicted octanol–water partition coefficient (Wildman–Crippen LogP) is 3.24. The van der Waals surface area contributed by atoms with Crippen LogP contribution in [0, 0.1) is 0 Å². The summed E-state index contributed by atoms with van der Waals surface area (Å²) in [4.78, 5) is 13.7. The van der Waals surface area contributed by atoms with Crippen LogP contribution in [0.15, 0.2) is 35.2 Å².